The Kier molecular flexibility index (Phi) is 4.15. The molecule has 2 heterocycles. The molecule has 0 saturated carbocycles. The number of rotatable bonds is 6. The lowest BCUT2D eigenvalue weighted by Gasteiger charge is -2.13. The van der Waals surface area contributed by atoms with Crippen LogP contribution in [0, 0.1) is 0 Å². The number of fused-ring (bicyclic) bond motifs is 3. The molecule has 0 aliphatic heterocycles. The predicted octanol–water partition coefficient (Wildman–Crippen LogP) is 3.06. The number of aromatic nitrogens is 2. The van der Waals surface area contributed by atoms with Crippen molar-refractivity contribution in [3.05, 3.63) is 30.6 Å². The number of ether oxygens (including phenoxy) is 2. The van der Waals surface area contributed by atoms with Gasteiger partial charge in [0, 0.05) is 41.3 Å². The maximum absolute atomic E-state index is 5.90. The molecule has 0 spiro atoms. The van der Waals surface area contributed by atoms with Gasteiger partial charge in [0.05, 0.1) is 19.2 Å². The van der Waals surface area contributed by atoms with Crippen molar-refractivity contribution in [3.63, 3.8) is 0 Å². The van der Waals surface area contributed by atoms with Crippen molar-refractivity contribution >= 4 is 21.8 Å². The van der Waals surface area contributed by atoms with Crippen LogP contribution in [-0.2, 0) is 0 Å². The molecule has 3 aromatic rings. The lowest BCUT2D eigenvalue weighted by Crippen LogP contribution is -2.15. The zero-order valence-electron chi connectivity index (χ0n) is 13.2. The number of hydrogen-bond acceptors (Lipinski definition) is 4. The summed E-state index contributed by atoms with van der Waals surface area (Å²) < 4.78 is 11.4. The third-order valence-corrected chi connectivity index (χ3v) is 3.69. The Balaban J connectivity index is 1.91. The van der Waals surface area contributed by atoms with Gasteiger partial charge in [-0.25, -0.2) is 0 Å². The van der Waals surface area contributed by atoms with Gasteiger partial charge in [-0.15, -0.1) is 0 Å². The fraction of sp³-hybridized carbons (Fsp3) is 0.353. The molecule has 22 heavy (non-hydrogen) atoms. The van der Waals surface area contributed by atoms with Gasteiger partial charge in [0.1, 0.15) is 0 Å². The quantitative estimate of drug-likeness (QED) is 0.711. The highest BCUT2D eigenvalue weighted by Gasteiger charge is 2.11. The number of pyridine rings is 1. The van der Waals surface area contributed by atoms with E-state index in [0.717, 1.165) is 46.3 Å². The van der Waals surface area contributed by atoms with Crippen LogP contribution in [0.4, 0.5) is 0 Å². The second-order valence-electron chi connectivity index (χ2n) is 5.60. The number of H-pyrrole nitrogens is 1. The van der Waals surface area contributed by atoms with E-state index in [1.54, 1.807) is 13.3 Å². The van der Waals surface area contributed by atoms with Gasteiger partial charge in [0.15, 0.2) is 11.5 Å². The number of aromatic amines is 1. The van der Waals surface area contributed by atoms with E-state index in [0.29, 0.717) is 6.61 Å². The maximum Gasteiger partial charge on any atom is 0.163 e. The molecule has 0 aliphatic carbocycles. The Morgan fingerprint density at radius 3 is 2.77 bits per heavy atom. The van der Waals surface area contributed by atoms with E-state index >= 15 is 0 Å². The van der Waals surface area contributed by atoms with Crippen LogP contribution in [0.5, 0.6) is 11.5 Å². The smallest absolute Gasteiger partial charge is 0.163 e. The van der Waals surface area contributed by atoms with Crippen molar-refractivity contribution in [3.8, 4) is 11.5 Å². The molecule has 0 atom stereocenters. The van der Waals surface area contributed by atoms with Crippen molar-refractivity contribution in [2.45, 2.75) is 6.42 Å². The van der Waals surface area contributed by atoms with Crippen molar-refractivity contribution in [2.75, 3.05) is 34.4 Å². The number of benzene rings is 1. The van der Waals surface area contributed by atoms with Crippen molar-refractivity contribution in [2.24, 2.45) is 0 Å². The Hall–Kier alpha value is -2.27. The normalized spacial score (nSPS) is 11.5. The molecular formula is C17H21N3O2. The topological polar surface area (TPSA) is 50.4 Å². The van der Waals surface area contributed by atoms with E-state index in [2.05, 4.69) is 29.0 Å². The zero-order valence-corrected chi connectivity index (χ0v) is 13.2. The highest BCUT2D eigenvalue weighted by atomic mass is 16.5. The molecule has 0 unspecified atom stereocenters. The average Bonchev–Trinajstić information content (AvgIpc) is 2.87. The standard InChI is InChI=1S/C17H21N3O2/c1-20(2)7-4-8-22-17-10-15-12(9-16(17)21-3)13-11-18-6-5-14(13)19-15/h5-6,9-11,19H,4,7-8H2,1-3H3. The SMILES string of the molecule is COc1cc2c(cc1OCCCN(C)C)[nH]c1ccncc12. The molecule has 2 aromatic heterocycles. The minimum atomic E-state index is 0.668. The summed E-state index contributed by atoms with van der Waals surface area (Å²) in [5.41, 5.74) is 2.10. The highest BCUT2D eigenvalue weighted by molar-refractivity contribution is 6.07. The lowest BCUT2D eigenvalue weighted by molar-refractivity contribution is 0.268. The van der Waals surface area contributed by atoms with Crippen LogP contribution in [0.15, 0.2) is 30.6 Å². The summed E-state index contributed by atoms with van der Waals surface area (Å²) in [6.45, 7) is 1.67. The van der Waals surface area contributed by atoms with Gasteiger partial charge in [0.2, 0.25) is 0 Å². The highest BCUT2D eigenvalue weighted by Crippen LogP contribution is 2.35. The van der Waals surface area contributed by atoms with E-state index in [1.807, 2.05) is 24.4 Å². The molecule has 0 aliphatic rings. The average molecular weight is 299 g/mol. The van der Waals surface area contributed by atoms with Gasteiger partial charge in [-0.2, -0.15) is 0 Å². The Bertz CT molecular complexity index is 780. The summed E-state index contributed by atoms with van der Waals surface area (Å²) in [7, 11) is 5.79. The first-order chi connectivity index (χ1) is 10.7. The maximum atomic E-state index is 5.90. The molecular weight excluding hydrogens is 278 g/mol. The summed E-state index contributed by atoms with van der Waals surface area (Å²) in [4.78, 5) is 9.74. The van der Waals surface area contributed by atoms with Gasteiger partial charge >= 0.3 is 0 Å². The Labute approximate surface area is 129 Å². The first kappa shape index (κ1) is 14.7. The third kappa shape index (κ3) is 2.85. The summed E-state index contributed by atoms with van der Waals surface area (Å²) in [6, 6.07) is 5.99. The molecule has 0 fully saturated rings. The first-order valence-electron chi connectivity index (χ1n) is 7.40. The van der Waals surface area contributed by atoms with Crippen LogP contribution in [0.25, 0.3) is 21.8 Å². The fourth-order valence-electron chi connectivity index (χ4n) is 2.58. The second kappa shape index (κ2) is 6.23. The largest absolute Gasteiger partial charge is 0.493 e. The molecule has 116 valence electrons. The van der Waals surface area contributed by atoms with Gasteiger partial charge in [-0.1, -0.05) is 0 Å². The van der Waals surface area contributed by atoms with E-state index < -0.39 is 0 Å². The summed E-state index contributed by atoms with van der Waals surface area (Å²) in [6.07, 6.45) is 4.63. The van der Waals surface area contributed by atoms with Crippen molar-refractivity contribution < 1.29 is 9.47 Å². The van der Waals surface area contributed by atoms with E-state index in [9.17, 15) is 0 Å². The number of hydrogen-bond donors (Lipinski definition) is 1. The molecule has 5 heteroatoms. The summed E-state index contributed by atoms with van der Waals surface area (Å²) in [5.74, 6) is 1.52. The Morgan fingerprint density at radius 1 is 1.14 bits per heavy atom. The third-order valence-electron chi connectivity index (χ3n) is 3.69. The van der Waals surface area contributed by atoms with Crippen LogP contribution in [0.2, 0.25) is 0 Å². The predicted molar refractivity (Wildman–Crippen MR) is 88.8 cm³/mol. The molecule has 3 rings (SSSR count). The molecule has 1 aromatic carbocycles. The fourth-order valence-corrected chi connectivity index (χ4v) is 2.58. The van der Waals surface area contributed by atoms with E-state index in [1.165, 1.54) is 0 Å². The van der Waals surface area contributed by atoms with Crippen LogP contribution >= 0.6 is 0 Å². The summed E-state index contributed by atoms with van der Waals surface area (Å²) in [5, 5.41) is 2.19. The van der Waals surface area contributed by atoms with E-state index in [-0.39, 0.29) is 0 Å². The van der Waals surface area contributed by atoms with Gasteiger partial charge in [0.25, 0.3) is 0 Å². The number of methoxy groups -OCH3 is 1. The van der Waals surface area contributed by atoms with Crippen molar-refractivity contribution in [1.82, 2.24) is 14.9 Å². The van der Waals surface area contributed by atoms with Crippen LogP contribution in [-0.4, -0.2) is 49.2 Å². The molecule has 5 nitrogen and oxygen atoms in total. The van der Waals surface area contributed by atoms with Crippen LogP contribution < -0.4 is 9.47 Å². The van der Waals surface area contributed by atoms with Gasteiger partial charge in [-0.05, 0) is 32.6 Å². The monoisotopic (exact) mass is 299 g/mol. The molecule has 0 amide bonds. The van der Waals surface area contributed by atoms with Gasteiger partial charge < -0.3 is 19.4 Å². The minimum absolute atomic E-state index is 0.668. The number of nitrogens with zero attached hydrogens (tertiary/aromatic N) is 2. The number of nitrogens with one attached hydrogen (secondary N) is 1. The zero-order chi connectivity index (χ0) is 15.5. The molecule has 0 radical (unpaired) electrons. The van der Waals surface area contributed by atoms with Crippen LogP contribution in [0.1, 0.15) is 6.42 Å². The van der Waals surface area contributed by atoms with Crippen LogP contribution in [0.3, 0.4) is 0 Å². The lowest BCUT2D eigenvalue weighted by atomic mass is 10.2. The van der Waals surface area contributed by atoms with Crippen molar-refractivity contribution in [1.29, 1.82) is 0 Å². The molecule has 1 N–H and O–H groups in total. The summed E-state index contributed by atoms with van der Waals surface area (Å²) >= 11 is 0. The first-order valence-corrected chi connectivity index (χ1v) is 7.40. The van der Waals surface area contributed by atoms with E-state index in [4.69, 9.17) is 9.47 Å². The van der Waals surface area contributed by atoms with Gasteiger partial charge in [-0.3, -0.25) is 4.98 Å². The Morgan fingerprint density at radius 2 is 2.00 bits per heavy atom. The molecule has 0 bridgehead atoms. The molecule has 0 saturated heterocycles. The second-order valence-corrected chi connectivity index (χ2v) is 5.60. The minimum Gasteiger partial charge on any atom is -0.493 e.